The molecule has 1 amide bonds. The Kier molecular flexibility index (Phi) is 2.43. The Bertz CT molecular complexity index is 264. The van der Waals surface area contributed by atoms with Crippen LogP contribution in [0.1, 0.15) is 33.6 Å². The van der Waals surface area contributed by atoms with Gasteiger partial charge < -0.3 is 15.8 Å². The highest BCUT2D eigenvalue weighted by molar-refractivity contribution is 5.93. The number of nitrogens with one attached hydrogen (secondary N) is 2. The van der Waals surface area contributed by atoms with Crippen molar-refractivity contribution in [3.05, 3.63) is 0 Å². The first kappa shape index (κ1) is 10.8. The fourth-order valence-electron chi connectivity index (χ4n) is 1.09. The van der Waals surface area contributed by atoms with Gasteiger partial charge in [-0.3, -0.25) is 5.41 Å². The van der Waals surface area contributed by atoms with Crippen LogP contribution in [-0.4, -0.2) is 23.1 Å². The largest absolute Gasteiger partial charge is 0.444 e. The van der Waals surface area contributed by atoms with E-state index < -0.39 is 17.2 Å². The summed E-state index contributed by atoms with van der Waals surface area (Å²) in [5.74, 6) is 0.00311. The van der Waals surface area contributed by atoms with Gasteiger partial charge in [0.05, 0.1) is 0 Å². The normalized spacial score (nSPS) is 18.5. The van der Waals surface area contributed by atoms with E-state index in [1.54, 1.807) is 20.8 Å². The SMILES string of the molecule is CC(C)(C)OC(=O)NC1(C(=N)N)CC1. The number of rotatable bonds is 2. The zero-order valence-electron chi connectivity index (χ0n) is 8.81. The maximum atomic E-state index is 11.3. The van der Waals surface area contributed by atoms with Crippen molar-refractivity contribution >= 4 is 11.9 Å². The molecule has 0 aromatic rings. The molecule has 14 heavy (non-hydrogen) atoms. The fraction of sp³-hybridized carbons (Fsp3) is 0.778. The predicted molar refractivity (Wildman–Crippen MR) is 53.2 cm³/mol. The molecule has 0 unspecified atom stereocenters. The molecule has 0 bridgehead atoms. The van der Waals surface area contributed by atoms with Crippen LogP contribution in [0.4, 0.5) is 4.79 Å². The maximum absolute atomic E-state index is 11.3. The van der Waals surface area contributed by atoms with Crippen molar-refractivity contribution in [3.63, 3.8) is 0 Å². The maximum Gasteiger partial charge on any atom is 0.408 e. The Hall–Kier alpha value is -1.26. The topological polar surface area (TPSA) is 88.2 Å². The van der Waals surface area contributed by atoms with Gasteiger partial charge in [-0.15, -0.1) is 0 Å². The number of amidine groups is 1. The van der Waals surface area contributed by atoms with Gasteiger partial charge in [-0.05, 0) is 33.6 Å². The summed E-state index contributed by atoms with van der Waals surface area (Å²) in [5, 5.41) is 9.90. The fourth-order valence-corrected chi connectivity index (χ4v) is 1.09. The van der Waals surface area contributed by atoms with E-state index in [0.29, 0.717) is 0 Å². The van der Waals surface area contributed by atoms with Crippen LogP contribution in [0, 0.1) is 5.41 Å². The molecule has 1 fully saturated rings. The van der Waals surface area contributed by atoms with E-state index in [9.17, 15) is 4.79 Å². The number of carbonyl (C=O) groups is 1. The molecule has 0 saturated heterocycles. The molecule has 0 radical (unpaired) electrons. The minimum atomic E-state index is -0.623. The van der Waals surface area contributed by atoms with Crippen LogP contribution < -0.4 is 11.1 Å². The summed E-state index contributed by atoms with van der Waals surface area (Å²) in [5.41, 5.74) is 4.22. The van der Waals surface area contributed by atoms with Gasteiger partial charge in [0.15, 0.2) is 0 Å². The highest BCUT2D eigenvalue weighted by Crippen LogP contribution is 2.35. The van der Waals surface area contributed by atoms with Gasteiger partial charge >= 0.3 is 6.09 Å². The molecule has 0 aliphatic heterocycles. The molecule has 1 aliphatic rings. The van der Waals surface area contributed by atoms with Crippen molar-refractivity contribution in [2.75, 3.05) is 0 Å². The number of nitrogens with two attached hydrogens (primary N) is 1. The van der Waals surface area contributed by atoms with Crippen molar-refractivity contribution in [1.29, 1.82) is 5.41 Å². The minimum absolute atomic E-state index is 0.00311. The Morgan fingerprint density at radius 3 is 2.29 bits per heavy atom. The highest BCUT2D eigenvalue weighted by atomic mass is 16.6. The summed E-state index contributed by atoms with van der Waals surface area (Å²) < 4.78 is 5.06. The number of hydrogen-bond acceptors (Lipinski definition) is 3. The standard InChI is InChI=1S/C9H17N3O2/c1-8(2,3)14-7(13)12-9(4-5-9)6(10)11/h4-5H2,1-3H3,(H3,10,11)(H,12,13). The summed E-state index contributed by atoms with van der Waals surface area (Å²) >= 11 is 0. The van der Waals surface area contributed by atoms with Crippen LogP contribution in [0.25, 0.3) is 0 Å². The molecule has 1 rings (SSSR count). The summed E-state index contributed by atoms with van der Waals surface area (Å²) in [6.45, 7) is 5.37. The molecular weight excluding hydrogens is 182 g/mol. The van der Waals surface area contributed by atoms with Crippen LogP contribution in [0.3, 0.4) is 0 Å². The van der Waals surface area contributed by atoms with Gasteiger partial charge in [-0.25, -0.2) is 4.79 Å². The molecule has 0 aromatic carbocycles. The van der Waals surface area contributed by atoms with Gasteiger partial charge in [0.1, 0.15) is 17.0 Å². The summed E-state index contributed by atoms with van der Waals surface area (Å²) in [6, 6.07) is 0. The zero-order chi connectivity index (χ0) is 11.0. The third-order valence-electron chi connectivity index (χ3n) is 2.01. The van der Waals surface area contributed by atoms with Crippen LogP contribution in [0.2, 0.25) is 0 Å². The van der Waals surface area contributed by atoms with E-state index in [1.165, 1.54) is 0 Å². The lowest BCUT2D eigenvalue weighted by Gasteiger charge is -2.22. The number of ether oxygens (including phenoxy) is 1. The second-order valence-corrected chi connectivity index (χ2v) is 4.62. The predicted octanol–water partition coefficient (Wildman–Crippen LogP) is 0.980. The summed E-state index contributed by atoms with van der Waals surface area (Å²) in [6.07, 6.45) is 0.938. The molecule has 5 heteroatoms. The van der Waals surface area contributed by atoms with Crippen molar-refractivity contribution in [1.82, 2.24) is 5.32 Å². The lowest BCUT2D eigenvalue weighted by Crippen LogP contribution is -2.48. The number of hydrogen-bond donors (Lipinski definition) is 3. The average molecular weight is 199 g/mol. The first-order valence-corrected chi connectivity index (χ1v) is 4.61. The third kappa shape index (κ3) is 2.61. The first-order valence-electron chi connectivity index (χ1n) is 4.61. The molecule has 0 atom stereocenters. The van der Waals surface area contributed by atoms with Gasteiger partial charge in [0.2, 0.25) is 0 Å². The smallest absolute Gasteiger partial charge is 0.408 e. The quantitative estimate of drug-likeness (QED) is 0.457. The van der Waals surface area contributed by atoms with Gasteiger partial charge in [0, 0.05) is 0 Å². The number of alkyl carbamates (subject to hydrolysis) is 1. The first-order chi connectivity index (χ1) is 6.25. The minimum Gasteiger partial charge on any atom is -0.444 e. The molecular formula is C9H17N3O2. The molecule has 80 valence electrons. The molecule has 0 spiro atoms. The average Bonchev–Trinajstić information content (AvgIpc) is 2.63. The van der Waals surface area contributed by atoms with Gasteiger partial charge in [-0.1, -0.05) is 0 Å². The number of amides is 1. The van der Waals surface area contributed by atoms with E-state index in [1.807, 2.05) is 0 Å². The lowest BCUT2D eigenvalue weighted by atomic mass is 10.2. The van der Waals surface area contributed by atoms with E-state index >= 15 is 0 Å². The van der Waals surface area contributed by atoms with Crippen molar-refractivity contribution < 1.29 is 9.53 Å². The van der Waals surface area contributed by atoms with Gasteiger partial charge in [-0.2, -0.15) is 0 Å². The Morgan fingerprint density at radius 2 is 2.00 bits per heavy atom. The Balaban J connectivity index is 2.46. The van der Waals surface area contributed by atoms with E-state index in [0.717, 1.165) is 12.8 Å². The zero-order valence-corrected chi connectivity index (χ0v) is 8.81. The highest BCUT2D eigenvalue weighted by Gasteiger charge is 2.48. The summed E-state index contributed by atoms with van der Waals surface area (Å²) in [4.78, 5) is 11.3. The van der Waals surface area contributed by atoms with Crippen LogP contribution in [0.15, 0.2) is 0 Å². The van der Waals surface area contributed by atoms with Gasteiger partial charge in [0.25, 0.3) is 0 Å². The van der Waals surface area contributed by atoms with Crippen molar-refractivity contribution in [2.24, 2.45) is 5.73 Å². The molecule has 0 heterocycles. The van der Waals surface area contributed by atoms with Crippen LogP contribution >= 0.6 is 0 Å². The second-order valence-electron chi connectivity index (χ2n) is 4.62. The molecule has 1 aliphatic carbocycles. The molecule has 0 aromatic heterocycles. The third-order valence-corrected chi connectivity index (χ3v) is 2.01. The Labute approximate surface area is 83.5 Å². The van der Waals surface area contributed by atoms with Crippen LogP contribution in [0.5, 0.6) is 0 Å². The van der Waals surface area contributed by atoms with E-state index in [4.69, 9.17) is 15.9 Å². The second kappa shape index (κ2) is 3.15. The van der Waals surface area contributed by atoms with E-state index in [-0.39, 0.29) is 5.84 Å². The monoisotopic (exact) mass is 199 g/mol. The van der Waals surface area contributed by atoms with Crippen LogP contribution in [-0.2, 0) is 4.74 Å². The summed E-state index contributed by atoms with van der Waals surface area (Å²) in [7, 11) is 0. The van der Waals surface area contributed by atoms with Crippen molar-refractivity contribution in [2.45, 2.75) is 44.8 Å². The van der Waals surface area contributed by atoms with E-state index in [2.05, 4.69) is 5.32 Å². The molecule has 5 nitrogen and oxygen atoms in total. The van der Waals surface area contributed by atoms with Crippen molar-refractivity contribution in [3.8, 4) is 0 Å². The number of carbonyl (C=O) groups excluding carboxylic acids is 1. The lowest BCUT2D eigenvalue weighted by molar-refractivity contribution is 0.0512. The Morgan fingerprint density at radius 1 is 1.50 bits per heavy atom. The molecule has 1 saturated carbocycles. The molecule has 4 N–H and O–H groups in total.